The highest BCUT2D eigenvalue weighted by Gasteiger charge is 2.17. The molecule has 0 aliphatic rings. The first-order valence-corrected chi connectivity index (χ1v) is 7.97. The predicted molar refractivity (Wildman–Crippen MR) is 95.7 cm³/mol. The molecule has 1 aromatic heterocycles. The highest BCUT2D eigenvalue weighted by Crippen LogP contribution is 2.12. The summed E-state index contributed by atoms with van der Waals surface area (Å²) < 4.78 is 14.4. The Balaban J connectivity index is 1.74. The van der Waals surface area contributed by atoms with Crippen LogP contribution < -0.4 is 15.4 Å². The van der Waals surface area contributed by atoms with Crippen molar-refractivity contribution in [3.8, 4) is 5.75 Å². The maximum absolute atomic E-state index is 11.9. The molecule has 2 aromatic rings. The SMILES string of the molecule is COc1ccc(/C=C/C(=O)N[C@@H](C)C(=O)OCC(=O)Nc2ccon2)cc1. The molecule has 0 fully saturated rings. The van der Waals surface area contributed by atoms with Gasteiger partial charge in [0, 0.05) is 12.1 Å². The van der Waals surface area contributed by atoms with Gasteiger partial charge in [0.25, 0.3) is 5.91 Å². The van der Waals surface area contributed by atoms with Gasteiger partial charge in [-0.15, -0.1) is 0 Å². The van der Waals surface area contributed by atoms with Gasteiger partial charge in [0.15, 0.2) is 12.4 Å². The molecule has 1 aromatic carbocycles. The topological polar surface area (TPSA) is 120 Å². The van der Waals surface area contributed by atoms with Gasteiger partial charge in [-0.3, -0.25) is 9.59 Å². The summed E-state index contributed by atoms with van der Waals surface area (Å²) >= 11 is 0. The van der Waals surface area contributed by atoms with Crippen LogP contribution in [-0.4, -0.2) is 42.7 Å². The fourth-order valence-electron chi connectivity index (χ4n) is 1.92. The number of hydrogen-bond acceptors (Lipinski definition) is 7. The second-order valence-corrected chi connectivity index (χ2v) is 5.38. The van der Waals surface area contributed by atoms with Crippen LogP contribution in [0.2, 0.25) is 0 Å². The second kappa shape index (κ2) is 9.76. The molecule has 9 heteroatoms. The van der Waals surface area contributed by atoms with Crippen molar-refractivity contribution in [3.63, 3.8) is 0 Å². The highest BCUT2D eigenvalue weighted by atomic mass is 16.5. The molecule has 0 aliphatic heterocycles. The third-order valence-electron chi connectivity index (χ3n) is 3.31. The maximum atomic E-state index is 11.9. The number of nitrogens with one attached hydrogen (secondary N) is 2. The van der Waals surface area contributed by atoms with Crippen LogP contribution in [0.25, 0.3) is 6.08 Å². The van der Waals surface area contributed by atoms with E-state index < -0.39 is 30.4 Å². The van der Waals surface area contributed by atoms with Crippen molar-refractivity contribution in [2.24, 2.45) is 0 Å². The monoisotopic (exact) mass is 373 g/mol. The minimum Gasteiger partial charge on any atom is -0.497 e. The zero-order valence-corrected chi connectivity index (χ0v) is 14.8. The van der Waals surface area contributed by atoms with E-state index in [0.29, 0.717) is 5.75 Å². The van der Waals surface area contributed by atoms with Crippen molar-refractivity contribution < 1.29 is 28.4 Å². The molecule has 27 heavy (non-hydrogen) atoms. The van der Waals surface area contributed by atoms with Gasteiger partial charge in [0.2, 0.25) is 5.91 Å². The van der Waals surface area contributed by atoms with Crippen LogP contribution in [0.5, 0.6) is 5.75 Å². The fourth-order valence-corrected chi connectivity index (χ4v) is 1.92. The van der Waals surface area contributed by atoms with Crippen molar-refractivity contribution in [2.75, 3.05) is 19.0 Å². The molecular formula is C18H19N3O6. The molecule has 0 aliphatic carbocycles. The van der Waals surface area contributed by atoms with E-state index in [2.05, 4.69) is 20.3 Å². The molecule has 1 heterocycles. The van der Waals surface area contributed by atoms with Gasteiger partial charge < -0.3 is 24.6 Å². The van der Waals surface area contributed by atoms with Gasteiger partial charge in [-0.2, -0.15) is 0 Å². The lowest BCUT2D eigenvalue weighted by molar-refractivity contribution is -0.149. The molecule has 0 bridgehead atoms. The molecule has 0 spiro atoms. The zero-order chi connectivity index (χ0) is 19.6. The lowest BCUT2D eigenvalue weighted by atomic mass is 10.2. The molecule has 142 valence electrons. The number of hydrogen-bond donors (Lipinski definition) is 2. The summed E-state index contributed by atoms with van der Waals surface area (Å²) in [5.41, 5.74) is 0.797. The smallest absolute Gasteiger partial charge is 0.328 e. The van der Waals surface area contributed by atoms with Crippen molar-refractivity contribution in [3.05, 3.63) is 48.2 Å². The van der Waals surface area contributed by atoms with E-state index in [0.717, 1.165) is 5.56 Å². The predicted octanol–water partition coefficient (Wildman–Crippen LogP) is 1.38. The molecule has 2 amide bonds. The van der Waals surface area contributed by atoms with E-state index in [-0.39, 0.29) is 5.82 Å². The van der Waals surface area contributed by atoms with Crippen molar-refractivity contribution >= 4 is 29.7 Å². The summed E-state index contributed by atoms with van der Waals surface area (Å²) in [6.45, 7) is 0.949. The van der Waals surface area contributed by atoms with Gasteiger partial charge in [-0.05, 0) is 30.7 Å². The average molecular weight is 373 g/mol. The number of amides is 2. The number of methoxy groups -OCH3 is 1. The maximum Gasteiger partial charge on any atom is 0.328 e. The molecule has 0 radical (unpaired) electrons. The fraction of sp³-hybridized carbons (Fsp3) is 0.222. The molecular weight excluding hydrogens is 354 g/mol. The van der Waals surface area contributed by atoms with Crippen LogP contribution >= 0.6 is 0 Å². The number of anilines is 1. The molecule has 9 nitrogen and oxygen atoms in total. The Morgan fingerprint density at radius 1 is 1.22 bits per heavy atom. The number of carbonyl (C=O) groups is 3. The Morgan fingerprint density at radius 3 is 2.59 bits per heavy atom. The molecule has 0 saturated heterocycles. The Labute approximate surface area is 155 Å². The Morgan fingerprint density at radius 2 is 1.96 bits per heavy atom. The Kier molecular flexibility index (Phi) is 7.12. The minimum absolute atomic E-state index is 0.209. The summed E-state index contributed by atoms with van der Waals surface area (Å²) in [6, 6.07) is 7.63. The lowest BCUT2D eigenvalue weighted by Crippen LogP contribution is -2.39. The molecule has 2 N–H and O–H groups in total. The molecule has 1 atom stereocenters. The van der Waals surface area contributed by atoms with Crippen molar-refractivity contribution in [1.82, 2.24) is 10.5 Å². The van der Waals surface area contributed by atoms with Gasteiger partial charge in [-0.1, -0.05) is 17.3 Å². The largest absolute Gasteiger partial charge is 0.497 e. The van der Waals surface area contributed by atoms with Crippen molar-refractivity contribution in [2.45, 2.75) is 13.0 Å². The first-order valence-electron chi connectivity index (χ1n) is 7.97. The average Bonchev–Trinajstić information content (AvgIpc) is 3.17. The molecule has 0 unspecified atom stereocenters. The second-order valence-electron chi connectivity index (χ2n) is 5.38. The number of ether oxygens (including phenoxy) is 2. The van der Waals surface area contributed by atoms with Crippen LogP contribution in [0, 0.1) is 0 Å². The number of aromatic nitrogens is 1. The summed E-state index contributed by atoms with van der Waals surface area (Å²) in [7, 11) is 1.57. The third-order valence-corrected chi connectivity index (χ3v) is 3.31. The van der Waals surface area contributed by atoms with E-state index in [1.807, 2.05) is 0 Å². The Bertz CT molecular complexity index is 799. The highest BCUT2D eigenvalue weighted by molar-refractivity contribution is 5.95. The lowest BCUT2D eigenvalue weighted by Gasteiger charge is -2.11. The first-order chi connectivity index (χ1) is 13.0. The molecule has 2 rings (SSSR count). The van der Waals surface area contributed by atoms with E-state index in [1.165, 1.54) is 25.3 Å². The number of rotatable bonds is 8. The van der Waals surface area contributed by atoms with Gasteiger partial charge in [0.1, 0.15) is 18.1 Å². The van der Waals surface area contributed by atoms with Gasteiger partial charge in [-0.25, -0.2) is 4.79 Å². The number of nitrogens with zero attached hydrogens (tertiary/aromatic N) is 1. The third kappa shape index (κ3) is 6.65. The minimum atomic E-state index is -0.919. The van der Waals surface area contributed by atoms with E-state index in [4.69, 9.17) is 9.47 Å². The first kappa shape index (κ1) is 19.7. The van der Waals surface area contributed by atoms with E-state index in [1.54, 1.807) is 37.5 Å². The van der Waals surface area contributed by atoms with E-state index in [9.17, 15) is 14.4 Å². The van der Waals surface area contributed by atoms with Gasteiger partial charge in [0.05, 0.1) is 7.11 Å². The van der Waals surface area contributed by atoms with Crippen LogP contribution in [0.15, 0.2) is 47.2 Å². The summed E-state index contributed by atoms with van der Waals surface area (Å²) in [4.78, 5) is 35.3. The number of benzene rings is 1. The van der Waals surface area contributed by atoms with Crippen LogP contribution in [0.1, 0.15) is 12.5 Å². The molecule has 0 saturated carbocycles. The van der Waals surface area contributed by atoms with Gasteiger partial charge >= 0.3 is 5.97 Å². The zero-order valence-electron chi connectivity index (χ0n) is 14.8. The number of carbonyl (C=O) groups excluding carboxylic acids is 3. The quantitative estimate of drug-likeness (QED) is 0.530. The van der Waals surface area contributed by atoms with Crippen LogP contribution in [0.4, 0.5) is 5.82 Å². The number of esters is 1. The van der Waals surface area contributed by atoms with E-state index >= 15 is 0 Å². The van der Waals surface area contributed by atoms with Crippen LogP contribution in [-0.2, 0) is 19.1 Å². The Hall–Kier alpha value is -3.62. The normalized spacial score (nSPS) is 11.6. The van der Waals surface area contributed by atoms with Crippen LogP contribution in [0.3, 0.4) is 0 Å². The standard InChI is InChI=1S/C18H19N3O6/c1-12(18(24)26-11-17(23)20-15-9-10-27-21-15)19-16(22)8-5-13-3-6-14(25-2)7-4-13/h3-10,12H,11H2,1-2H3,(H,19,22)(H,20,21,23)/b8-5+/t12-/m0/s1. The summed E-state index contributed by atoms with van der Waals surface area (Å²) in [5.74, 6) is -0.865. The van der Waals surface area contributed by atoms with Crippen molar-refractivity contribution in [1.29, 1.82) is 0 Å². The summed E-state index contributed by atoms with van der Waals surface area (Å²) in [5, 5.41) is 8.33. The summed E-state index contributed by atoms with van der Waals surface area (Å²) in [6.07, 6.45) is 4.18.